The lowest BCUT2D eigenvalue weighted by molar-refractivity contribution is 0.306. The first-order valence-electron chi connectivity index (χ1n) is 9.12. The first-order chi connectivity index (χ1) is 14.2. The van der Waals surface area contributed by atoms with Crippen LogP contribution >= 0.6 is 23.8 Å². The first kappa shape index (κ1) is 19.2. The summed E-state index contributed by atoms with van der Waals surface area (Å²) in [5.41, 5.74) is 6.37. The summed E-state index contributed by atoms with van der Waals surface area (Å²) in [6.45, 7) is 1.01. The van der Waals surface area contributed by atoms with E-state index in [0.717, 1.165) is 22.5 Å². The molecule has 0 aliphatic heterocycles. The SMILES string of the molecule is S=c1[nH]nc(-c2ccccc2)n1NCc1ccc(OCc2ccccc2)c(Cl)c1. The van der Waals surface area contributed by atoms with Crippen molar-refractivity contribution in [2.45, 2.75) is 13.2 Å². The molecule has 5 nitrogen and oxygen atoms in total. The number of benzene rings is 3. The van der Waals surface area contributed by atoms with E-state index < -0.39 is 0 Å². The molecule has 1 aromatic heterocycles. The molecular weight excluding hydrogens is 404 g/mol. The van der Waals surface area contributed by atoms with Gasteiger partial charge in [0.15, 0.2) is 5.82 Å². The minimum absolute atomic E-state index is 0.475. The topological polar surface area (TPSA) is 54.9 Å². The normalized spacial score (nSPS) is 10.7. The Morgan fingerprint density at radius 1 is 0.966 bits per heavy atom. The highest BCUT2D eigenvalue weighted by molar-refractivity contribution is 7.71. The zero-order chi connectivity index (χ0) is 20.1. The number of rotatable bonds is 7. The number of hydrogen-bond donors (Lipinski definition) is 2. The van der Waals surface area contributed by atoms with Gasteiger partial charge in [-0.15, -0.1) is 0 Å². The van der Waals surface area contributed by atoms with Crippen LogP contribution in [0.15, 0.2) is 78.9 Å². The van der Waals surface area contributed by atoms with Crippen LogP contribution in [0.1, 0.15) is 11.1 Å². The van der Waals surface area contributed by atoms with Crippen LogP contribution in [-0.2, 0) is 13.2 Å². The molecule has 0 radical (unpaired) electrons. The van der Waals surface area contributed by atoms with Crippen molar-refractivity contribution in [2.24, 2.45) is 0 Å². The Kier molecular flexibility index (Phi) is 5.93. The molecule has 29 heavy (non-hydrogen) atoms. The maximum absolute atomic E-state index is 6.42. The molecule has 0 bridgehead atoms. The van der Waals surface area contributed by atoms with Crippen LogP contribution in [0.2, 0.25) is 5.02 Å². The predicted octanol–water partition coefficient (Wildman–Crippen LogP) is 5.58. The number of hydrogen-bond acceptors (Lipinski definition) is 4. The average molecular weight is 423 g/mol. The lowest BCUT2D eigenvalue weighted by Gasteiger charge is -2.12. The maximum Gasteiger partial charge on any atom is 0.214 e. The summed E-state index contributed by atoms with van der Waals surface area (Å²) >= 11 is 11.8. The highest BCUT2D eigenvalue weighted by atomic mass is 35.5. The zero-order valence-electron chi connectivity index (χ0n) is 15.5. The lowest BCUT2D eigenvalue weighted by atomic mass is 10.2. The number of H-pyrrole nitrogens is 1. The van der Waals surface area contributed by atoms with Crippen LogP contribution in [0.25, 0.3) is 11.4 Å². The molecule has 146 valence electrons. The van der Waals surface area contributed by atoms with E-state index in [1.165, 1.54) is 0 Å². The minimum atomic E-state index is 0.475. The van der Waals surface area contributed by atoms with E-state index in [0.29, 0.717) is 28.7 Å². The molecule has 0 aliphatic carbocycles. The number of aromatic amines is 1. The Bertz CT molecular complexity index is 1140. The van der Waals surface area contributed by atoms with Crippen LogP contribution in [0.3, 0.4) is 0 Å². The molecule has 0 fully saturated rings. The summed E-state index contributed by atoms with van der Waals surface area (Å²) in [6, 6.07) is 25.6. The van der Waals surface area contributed by atoms with Gasteiger partial charge in [0.05, 0.1) is 11.6 Å². The fraction of sp³-hybridized carbons (Fsp3) is 0.0909. The van der Waals surface area contributed by atoms with E-state index in [1.807, 2.05) is 78.9 Å². The zero-order valence-corrected chi connectivity index (χ0v) is 17.1. The van der Waals surface area contributed by atoms with Gasteiger partial charge in [-0.05, 0) is 35.5 Å². The van der Waals surface area contributed by atoms with Crippen molar-refractivity contribution in [1.82, 2.24) is 14.9 Å². The second kappa shape index (κ2) is 8.94. The van der Waals surface area contributed by atoms with Crippen molar-refractivity contribution in [1.29, 1.82) is 0 Å². The van der Waals surface area contributed by atoms with E-state index >= 15 is 0 Å². The molecule has 4 rings (SSSR count). The summed E-state index contributed by atoms with van der Waals surface area (Å²) in [7, 11) is 0. The van der Waals surface area contributed by atoms with Crippen molar-refractivity contribution in [2.75, 3.05) is 5.43 Å². The van der Waals surface area contributed by atoms with Crippen LogP contribution < -0.4 is 10.2 Å². The van der Waals surface area contributed by atoms with Crippen molar-refractivity contribution in [3.63, 3.8) is 0 Å². The molecular formula is C22H19ClN4OS. The summed E-state index contributed by atoms with van der Waals surface area (Å²) in [6.07, 6.45) is 0. The van der Waals surface area contributed by atoms with E-state index in [2.05, 4.69) is 15.6 Å². The van der Waals surface area contributed by atoms with Gasteiger partial charge in [0.2, 0.25) is 4.77 Å². The van der Waals surface area contributed by atoms with Gasteiger partial charge < -0.3 is 10.2 Å². The van der Waals surface area contributed by atoms with Crippen LogP contribution in [0.5, 0.6) is 5.75 Å². The molecule has 0 atom stereocenters. The average Bonchev–Trinajstić information content (AvgIpc) is 3.13. The monoisotopic (exact) mass is 422 g/mol. The fourth-order valence-electron chi connectivity index (χ4n) is 2.90. The largest absolute Gasteiger partial charge is 0.487 e. The fourth-order valence-corrected chi connectivity index (χ4v) is 3.36. The van der Waals surface area contributed by atoms with Crippen molar-refractivity contribution >= 4 is 23.8 Å². The van der Waals surface area contributed by atoms with Gasteiger partial charge in [0.25, 0.3) is 0 Å². The Hall–Kier alpha value is -3.09. The maximum atomic E-state index is 6.42. The smallest absolute Gasteiger partial charge is 0.214 e. The standard InChI is InChI=1S/C22H19ClN4OS/c23-19-13-17(11-12-20(19)28-15-16-7-3-1-4-8-16)14-24-27-21(25-26-22(27)29)18-9-5-2-6-10-18/h1-13,24H,14-15H2,(H,26,29). The number of ether oxygens (including phenoxy) is 1. The third kappa shape index (κ3) is 4.67. The van der Waals surface area contributed by atoms with E-state index in [-0.39, 0.29) is 0 Å². The van der Waals surface area contributed by atoms with Gasteiger partial charge >= 0.3 is 0 Å². The summed E-state index contributed by atoms with van der Waals surface area (Å²) < 4.78 is 8.10. The van der Waals surface area contributed by atoms with Gasteiger partial charge in [-0.2, -0.15) is 5.10 Å². The number of aromatic nitrogens is 3. The van der Waals surface area contributed by atoms with Gasteiger partial charge in [-0.3, -0.25) is 0 Å². The highest BCUT2D eigenvalue weighted by Gasteiger charge is 2.09. The van der Waals surface area contributed by atoms with Crippen molar-refractivity contribution in [3.05, 3.63) is 99.8 Å². The molecule has 7 heteroatoms. The number of nitrogens with zero attached hydrogens (tertiary/aromatic N) is 2. The quantitative estimate of drug-likeness (QED) is 0.381. The molecule has 0 saturated heterocycles. The Morgan fingerprint density at radius 2 is 1.69 bits per heavy atom. The second-order valence-corrected chi connectivity index (χ2v) is 7.22. The van der Waals surface area contributed by atoms with Crippen LogP contribution in [-0.4, -0.2) is 14.9 Å². The van der Waals surface area contributed by atoms with E-state index in [1.54, 1.807) is 4.68 Å². The molecule has 1 heterocycles. The predicted molar refractivity (Wildman–Crippen MR) is 118 cm³/mol. The van der Waals surface area contributed by atoms with Crippen LogP contribution in [0, 0.1) is 4.77 Å². The third-order valence-electron chi connectivity index (χ3n) is 4.38. The Morgan fingerprint density at radius 3 is 2.41 bits per heavy atom. The van der Waals surface area contributed by atoms with Gasteiger partial charge in [0, 0.05) is 5.56 Å². The summed E-state index contributed by atoms with van der Waals surface area (Å²) in [5.74, 6) is 1.38. The molecule has 2 N–H and O–H groups in total. The van der Waals surface area contributed by atoms with Crippen LogP contribution in [0.4, 0.5) is 0 Å². The molecule has 0 spiro atoms. The molecule has 0 aliphatic rings. The van der Waals surface area contributed by atoms with Gasteiger partial charge in [-0.25, -0.2) is 9.77 Å². The molecule has 0 unspecified atom stereocenters. The molecule has 4 aromatic rings. The molecule has 0 saturated carbocycles. The van der Waals surface area contributed by atoms with Crippen molar-refractivity contribution in [3.8, 4) is 17.1 Å². The Labute approximate surface area is 178 Å². The number of nitrogens with one attached hydrogen (secondary N) is 2. The highest BCUT2D eigenvalue weighted by Crippen LogP contribution is 2.26. The van der Waals surface area contributed by atoms with Crippen molar-refractivity contribution < 1.29 is 4.74 Å². The van der Waals surface area contributed by atoms with E-state index in [4.69, 9.17) is 28.6 Å². The summed E-state index contributed by atoms with van der Waals surface area (Å²) in [5, 5.41) is 7.72. The number of halogens is 1. The summed E-state index contributed by atoms with van der Waals surface area (Å²) in [4.78, 5) is 0. The molecule has 0 amide bonds. The van der Waals surface area contributed by atoms with E-state index in [9.17, 15) is 0 Å². The lowest BCUT2D eigenvalue weighted by Crippen LogP contribution is -2.16. The van der Waals surface area contributed by atoms with Gasteiger partial charge in [-0.1, -0.05) is 78.3 Å². The first-order valence-corrected chi connectivity index (χ1v) is 9.91. The van der Waals surface area contributed by atoms with Gasteiger partial charge in [0.1, 0.15) is 12.4 Å². The Balaban J connectivity index is 1.44. The second-order valence-electron chi connectivity index (χ2n) is 6.43. The third-order valence-corrected chi connectivity index (χ3v) is 4.95. The minimum Gasteiger partial charge on any atom is -0.487 e. The molecule has 3 aromatic carbocycles.